The number of pyridine rings is 1. The Morgan fingerprint density at radius 2 is 1.91 bits per heavy atom. The largest absolute Gasteiger partial charge is 0.297 e. The summed E-state index contributed by atoms with van der Waals surface area (Å²) in [6.45, 7) is 8.56. The van der Waals surface area contributed by atoms with E-state index in [0.717, 1.165) is 22.5 Å². The lowest BCUT2D eigenvalue weighted by Crippen LogP contribution is -2.23. The van der Waals surface area contributed by atoms with Gasteiger partial charge in [-0.3, -0.25) is 9.88 Å². The van der Waals surface area contributed by atoms with E-state index in [0.29, 0.717) is 11.6 Å². The summed E-state index contributed by atoms with van der Waals surface area (Å²) in [6, 6.07) is 13.4. The molecule has 0 aliphatic carbocycles. The zero-order valence-electron chi connectivity index (χ0n) is 14.1. The van der Waals surface area contributed by atoms with E-state index < -0.39 is 0 Å². The number of aryl methyl sites for hydroxylation is 2. The van der Waals surface area contributed by atoms with Crippen molar-refractivity contribution in [2.75, 3.05) is 13.1 Å². The molecule has 2 heterocycles. The number of aromatic nitrogens is 1. The number of hydrogen-bond donors (Lipinski definition) is 0. The maximum atomic E-state index is 9.20. The fraction of sp³-hybridized carbons (Fsp3) is 0.400. The van der Waals surface area contributed by atoms with Gasteiger partial charge in [-0.2, -0.15) is 5.26 Å². The zero-order valence-corrected chi connectivity index (χ0v) is 14.1. The lowest BCUT2D eigenvalue weighted by Gasteiger charge is -2.24. The van der Waals surface area contributed by atoms with Crippen LogP contribution in [0.1, 0.15) is 48.2 Å². The van der Waals surface area contributed by atoms with Crippen molar-refractivity contribution in [2.24, 2.45) is 0 Å². The maximum Gasteiger partial charge on any atom is 0.101 e. The SMILES string of the molecule is Cc1cc(-c2cccc([C@@H](C)N3CCCC3)c2)nc(C)c1C#N. The van der Waals surface area contributed by atoms with Crippen molar-refractivity contribution in [1.82, 2.24) is 9.88 Å². The minimum Gasteiger partial charge on any atom is -0.297 e. The van der Waals surface area contributed by atoms with Crippen LogP contribution in [-0.4, -0.2) is 23.0 Å². The first-order valence-corrected chi connectivity index (χ1v) is 8.33. The molecule has 1 aliphatic rings. The Hall–Kier alpha value is -2.18. The molecule has 2 aromatic rings. The Kier molecular flexibility index (Phi) is 4.45. The summed E-state index contributed by atoms with van der Waals surface area (Å²) in [7, 11) is 0. The Bertz CT molecular complexity index is 729. The number of nitriles is 1. The van der Waals surface area contributed by atoms with E-state index in [1.807, 2.05) is 19.9 Å². The van der Waals surface area contributed by atoms with Gasteiger partial charge in [-0.15, -0.1) is 0 Å². The summed E-state index contributed by atoms with van der Waals surface area (Å²) >= 11 is 0. The van der Waals surface area contributed by atoms with Crippen molar-refractivity contribution in [3.8, 4) is 17.3 Å². The standard InChI is InChI=1S/C20H23N3/c1-14-11-20(22-15(2)19(14)13-21)18-8-6-7-17(12-18)16(3)23-9-4-5-10-23/h6-8,11-12,16H,4-5,9-10H2,1-3H3/t16-/m1/s1. The van der Waals surface area contributed by atoms with Crippen LogP contribution in [0.25, 0.3) is 11.3 Å². The molecule has 0 amide bonds. The molecule has 1 atom stereocenters. The third kappa shape index (κ3) is 3.13. The molecule has 1 saturated heterocycles. The van der Waals surface area contributed by atoms with Gasteiger partial charge in [0.2, 0.25) is 0 Å². The fourth-order valence-corrected chi connectivity index (χ4v) is 3.45. The van der Waals surface area contributed by atoms with Crippen molar-refractivity contribution in [3.63, 3.8) is 0 Å². The number of nitrogens with zero attached hydrogens (tertiary/aromatic N) is 3. The molecule has 23 heavy (non-hydrogen) atoms. The van der Waals surface area contributed by atoms with Gasteiger partial charge in [0.05, 0.1) is 17.0 Å². The number of rotatable bonds is 3. The van der Waals surface area contributed by atoms with Crippen LogP contribution in [0, 0.1) is 25.2 Å². The molecule has 1 aromatic heterocycles. The Labute approximate surface area is 138 Å². The topological polar surface area (TPSA) is 39.9 Å². The van der Waals surface area contributed by atoms with Crippen LogP contribution in [0.4, 0.5) is 0 Å². The third-order valence-corrected chi connectivity index (χ3v) is 4.86. The number of hydrogen-bond acceptors (Lipinski definition) is 3. The second kappa shape index (κ2) is 6.52. The van der Waals surface area contributed by atoms with Crippen molar-refractivity contribution in [1.29, 1.82) is 5.26 Å². The van der Waals surface area contributed by atoms with E-state index in [1.54, 1.807) is 0 Å². The molecular formula is C20H23N3. The first kappa shape index (κ1) is 15.7. The molecule has 0 bridgehead atoms. The molecule has 3 heteroatoms. The van der Waals surface area contributed by atoms with Gasteiger partial charge in [0.1, 0.15) is 6.07 Å². The molecule has 0 N–H and O–H groups in total. The highest BCUT2D eigenvalue weighted by Gasteiger charge is 2.19. The molecule has 1 fully saturated rings. The summed E-state index contributed by atoms with van der Waals surface area (Å²) in [4.78, 5) is 7.18. The van der Waals surface area contributed by atoms with Crippen LogP contribution in [0.5, 0.6) is 0 Å². The van der Waals surface area contributed by atoms with Gasteiger partial charge in [-0.05, 0) is 70.0 Å². The van der Waals surface area contributed by atoms with E-state index in [1.165, 1.54) is 31.5 Å². The molecule has 0 radical (unpaired) electrons. The molecule has 3 rings (SSSR count). The monoisotopic (exact) mass is 305 g/mol. The highest BCUT2D eigenvalue weighted by atomic mass is 15.2. The predicted octanol–water partition coefficient (Wildman–Crippen LogP) is 4.39. The van der Waals surface area contributed by atoms with Crippen molar-refractivity contribution in [3.05, 3.63) is 52.7 Å². The van der Waals surface area contributed by atoms with Crippen LogP contribution >= 0.6 is 0 Å². The van der Waals surface area contributed by atoms with E-state index >= 15 is 0 Å². The summed E-state index contributed by atoms with van der Waals surface area (Å²) in [6.07, 6.45) is 2.61. The normalized spacial score (nSPS) is 16.3. The van der Waals surface area contributed by atoms with E-state index in [9.17, 15) is 5.26 Å². The van der Waals surface area contributed by atoms with Crippen LogP contribution in [0.15, 0.2) is 30.3 Å². The van der Waals surface area contributed by atoms with Gasteiger partial charge in [-0.1, -0.05) is 18.2 Å². The lowest BCUT2D eigenvalue weighted by atomic mass is 10.00. The molecule has 1 aliphatic heterocycles. The van der Waals surface area contributed by atoms with E-state index in [4.69, 9.17) is 0 Å². The summed E-state index contributed by atoms with van der Waals surface area (Å²) in [5, 5.41) is 9.20. The Morgan fingerprint density at radius 3 is 2.57 bits per heavy atom. The van der Waals surface area contributed by atoms with Gasteiger partial charge in [0.25, 0.3) is 0 Å². The molecule has 1 aromatic carbocycles. The van der Waals surface area contributed by atoms with Gasteiger partial charge in [0, 0.05) is 11.6 Å². The lowest BCUT2D eigenvalue weighted by molar-refractivity contribution is 0.263. The minimum absolute atomic E-state index is 0.443. The van der Waals surface area contributed by atoms with Gasteiger partial charge in [0.15, 0.2) is 0 Å². The van der Waals surface area contributed by atoms with Crippen molar-refractivity contribution >= 4 is 0 Å². The highest BCUT2D eigenvalue weighted by Crippen LogP contribution is 2.28. The molecule has 0 saturated carbocycles. The van der Waals surface area contributed by atoms with E-state index in [2.05, 4.69) is 47.1 Å². The highest BCUT2D eigenvalue weighted by molar-refractivity contribution is 5.63. The molecular weight excluding hydrogens is 282 g/mol. The first-order valence-electron chi connectivity index (χ1n) is 8.33. The predicted molar refractivity (Wildman–Crippen MR) is 93.1 cm³/mol. The maximum absolute atomic E-state index is 9.20. The second-order valence-corrected chi connectivity index (χ2v) is 6.44. The molecule has 3 nitrogen and oxygen atoms in total. The molecule has 0 spiro atoms. The van der Waals surface area contributed by atoms with Gasteiger partial charge >= 0.3 is 0 Å². The summed E-state index contributed by atoms with van der Waals surface area (Å²) in [5.41, 5.74) is 5.91. The van der Waals surface area contributed by atoms with Crippen LogP contribution in [0.2, 0.25) is 0 Å². The quantitative estimate of drug-likeness (QED) is 0.844. The smallest absolute Gasteiger partial charge is 0.101 e. The minimum atomic E-state index is 0.443. The van der Waals surface area contributed by atoms with Crippen molar-refractivity contribution in [2.45, 2.75) is 39.7 Å². The van der Waals surface area contributed by atoms with Gasteiger partial charge in [-0.25, -0.2) is 0 Å². The Balaban J connectivity index is 1.95. The zero-order chi connectivity index (χ0) is 16.4. The van der Waals surface area contributed by atoms with E-state index in [-0.39, 0.29) is 0 Å². The fourth-order valence-electron chi connectivity index (χ4n) is 3.45. The third-order valence-electron chi connectivity index (χ3n) is 4.86. The summed E-state index contributed by atoms with van der Waals surface area (Å²) in [5.74, 6) is 0. The first-order chi connectivity index (χ1) is 11.1. The Morgan fingerprint density at radius 1 is 1.17 bits per heavy atom. The average Bonchev–Trinajstić information content (AvgIpc) is 3.08. The van der Waals surface area contributed by atoms with Gasteiger partial charge < -0.3 is 0 Å². The summed E-state index contributed by atoms with van der Waals surface area (Å²) < 4.78 is 0. The average molecular weight is 305 g/mol. The molecule has 0 unspecified atom stereocenters. The van der Waals surface area contributed by atoms with Crippen LogP contribution < -0.4 is 0 Å². The van der Waals surface area contributed by atoms with Crippen LogP contribution in [-0.2, 0) is 0 Å². The number of benzene rings is 1. The van der Waals surface area contributed by atoms with Crippen LogP contribution in [0.3, 0.4) is 0 Å². The van der Waals surface area contributed by atoms with Crippen molar-refractivity contribution < 1.29 is 0 Å². The molecule has 118 valence electrons. The second-order valence-electron chi connectivity index (χ2n) is 6.44. The number of likely N-dealkylation sites (tertiary alicyclic amines) is 1.